The summed E-state index contributed by atoms with van der Waals surface area (Å²) in [5.41, 5.74) is 1.74. The summed E-state index contributed by atoms with van der Waals surface area (Å²) in [4.78, 5) is 14.5. The average Bonchev–Trinajstić information content (AvgIpc) is 2.77. The van der Waals surface area contributed by atoms with E-state index in [2.05, 4.69) is 34.5 Å². The molecule has 1 amide bonds. The number of rotatable bonds is 9. The van der Waals surface area contributed by atoms with Gasteiger partial charge in [-0.1, -0.05) is 54.1 Å². The number of methoxy groups -OCH3 is 1. The zero-order chi connectivity index (χ0) is 21.2. The van der Waals surface area contributed by atoms with E-state index in [4.69, 9.17) is 21.1 Å². The van der Waals surface area contributed by atoms with Crippen LogP contribution in [-0.4, -0.2) is 56.8 Å². The molecule has 0 bridgehead atoms. The minimum atomic E-state index is -0.169. The zero-order valence-electron chi connectivity index (χ0n) is 17.4. The van der Waals surface area contributed by atoms with Crippen LogP contribution < -0.4 is 10.1 Å². The van der Waals surface area contributed by atoms with E-state index in [1.165, 1.54) is 5.56 Å². The summed E-state index contributed by atoms with van der Waals surface area (Å²) in [5.74, 6) is 0.463. The Labute approximate surface area is 183 Å². The third-order valence-electron chi connectivity index (χ3n) is 5.09. The number of amides is 1. The topological polar surface area (TPSA) is 50.8 Å². The quantitative estimate of drug-likeness (QED) is 0.606. The van der Waals surface area contributed by atoms with Crippen LogP contribution in [0.4, 0.5) is 0 Å². The van der Waals surface area contributed by atoms with Gasteiger partial charge in [-0.15, -0.1) is 0 Å². The highest BCUT2D eigenvalue weighted by molar-refractivity contribution is 6.32. The van der Waals surface area contributed by atoms with Gasteiger partial charge in [-0.05, 0) is 36.6 Å². The molecule has 1 N–H and O–H groups in total. The van der Waals surface area contributed by atoms with Crippen molar-refractivity contribution in [2.24, 2.45) is 0 Å². The Balaban J connectivity index is 1.44. The maximum Gasteiger partial charge on any atom is 0.251 e. The number of carbonyl (C=O) groups is 1. The van der Waals surface area contributed by atoms with Gasteiger partial charge in [-0.2, -0.15) is 0 Å². The lowest BCUT2D eigenvalue weighted by Crippen LogP contribution is -2.38. The smallest absolute Gasteiger partial charge is 0.251 e. The van der Waals surface area contributed by atoms with Crippen LogP contribution in [0, 0.1) is 0 Å². The Hall–Kier alpha value is -2.34. The summed E-state index contributed by atoms with van der Waals surface area (Å²) in [6.45, 7) is 3.85. The van der Waals surface area contributed by atoms with Crippen LogP contribution in [0.15, 0.2) is 54.6 Å². The Morgan fingerprint density at radius 3 is 2.67 bits per heavy atom. The summed E-state index contributed by atoms with van der Waals surface area (Å²) >= 11 is 6.36. The van der Waals surface area contributed by atoms with Gasteiger partial charge in [0.15, 0.2) is 0 Å². The molecule has 6 heteroatoms. The van der Waals surface area contributed by atoms with E-state index in [-0.39, 0.29) is 12.0 Å². The highest BCUT2D eigenvalue weighted by Gasteiger charge is 2.21. The van der Waals surface area contributed by atoms with Gasteiger partial charge < -0.3 is 14.8 Å². The fraction of sp³-hybridized carbons (Fsp3) is 0.375. The second-order valence-corrected chi connectivity index (χ2v) is 7.73. The fourth-order valence-electron chi connectivity index (χ4n) is 3.40. The van der Waals surface area contributed by atoms with Crippen molar-refractivity contribution in [3.63, 3.8) is 0 Å². The summed E-state index contributed by atoms with van der Waals surface area (Å²) in [5, 5.41) is 3.25. The van der Waals surface area contributed by atoms with Gasteiger partial charge in [-0.3, -0.25) is 9.69 Å². The fourth-order valence-corrected chi connectivity index (χ4v) is 3.62. The number of ether oxygens (including phenoxy) is 2. The first-order valence-corrected chi connectivity index (χ1v) is 10.7. The van der Waals surface area contributed by atoms with Crippen molar-refractivity contribution < 1.29 is 14.3 Å². The number of piperidine rings is 1. The molecule has 1 heterocycles. The molecule has 0 unspecified atom stereocenters. The van der Waals surface area contributed by atoms with Gasteiger partial charge in [0, 0.05) is 38.9 Å². The van der Waals surface area contributed by atoms with Crippen LogP contribution in [-0.2, 0) is 4.74 Å². The molecule has 0 saturated carbocycles. The van der Waals surface area contributed by atoms with Crippen molar-refractivity contribution >= 4 is 23.6 Å². The third-order valence-corrected chi connectivity index (χ3v) is 5.38. The lowest BCUT2D eigenvalue weighted by molar-refractivity contribution is 0.0936. The number of benzene rings is 2. The lowest BCUT2D eigenvalue weighted by Gasteiger charge is -2.31. The minimum Gasteiger partial charge on any atom is -0.489 e. The molecular weight excluding hydrogens is 400 g/mol. The van der Waals surface area contributed by atoms with E-state index in [9.17, 15) is 4.79 Å². The molecule has 30 heavy (non-hydrogen) atoms. The standard InChI is InChI=1S/C24H29ClN2O3/c1-29-17-13-26-24(28)20-9-10-23(22(25)18-20)30-21-11-15-27(16-12-21)14-5-8-19-6-3-2-4-7-19/h2-10,18,21H,11-17H2,1H3,(H,26,28). The monoisotopic (exact) mass is 428 g/mol. The summed E-state index contributed by atoms with van der Waals surface area (Å²) < 4.78 is 11.1. The third kappa shape index (κ3) is 6.87. The Morgan fingerprint density at radius 1 is 1.20 bits per heavy atom. The van der Waals surface area contributed by atoms with Crippen molar-refractivity contribution in [3.05, 3.63) is 70.8 Å². The Kier molecular flexibility index (Phi) is 8.75. The molecule has 0 atom stereocenters. The highest BCUT2D eigenvalue weighted by Crippen LogP contribution is 2.28. The zero-order valence-corrected chi connectivity index (χ0v) is 18.1. The molecule has 1 saturated heterocycles. The predicted octanol–water partition coefficient (Wildman–Crippen LogP) is 4.27. The van der Waals surface area contributed by atoms with Crippen molar-refractivity contribution in [1.29, 1.82) is 0 Å². The number of carbonyl (C=O) groups excluding carboxylic acids is 1. The Bertz CT molecular complexity index is 834. The number of halogens is 1. The molecule has 0 aromatic heterocycles. The first kappa shape index (κ1) is 22.3. The molecule has 0 aliphatic carbocycles. The van der Waals surface area contributed by atoms with Crippen molar-refractivity contribution in [2.75, 3.05) is 39.9 Å². The molecule has 0 radical (unpaired) electrons. The van der Waals surface area contributed by atoms with Crippen molar-refractivity contribution in [2.45, 2.75) is 18.9 Å². The van der Waals surface area contributed by atoms with E-state index in [1.807, 2.05) is 18.2 Å². The summed E-state index contributed by atoms with van der Waals surface area (Å²) in [7, 11) is 1.60. The number of hydrogen-bond donors (Lipinski definition) is 1. The van der Waals surface area contributed by atoms with Crippen molar-refractivity contribution in [3.8, 4) is 5.75 Å². The molecule has 160 valence electrons. The van der Waals surface area contributed by atoms with Gasteiger partial charge in [0.1, 0.15) is 11.9 Å². The van der Waals surface area contributed by atoms with E-state index in [0.717, 1.165) is 32.5 Å². The van der Waals surface area contributed by atoms with Gasteiger partial charge >= 0.3 is 0 Å². The van der Waals surface area contributed by atoms with Gasteiger partial charge in [0.2, 0.25) is 0 Å². The maximum absolute atomic E-state index is 12.1. The van der Waals surface area contributed by atoms with Crippen LogP contribution >= 0.6 is 11.6 Å². The van der Waals surface area contributed by atoms with Crippen LogP contribution in [0.2, 0.25) is 5.02 Å². The number of likely N-dealkylation sites (tertiary alicyclic amines) is 1. The SMILES string of the molecule is COCCNC(=O)c1ccc(OC2CCN(CC=Cc3ccccc3)CC2)c(Cl)c1. The van der Waals surface area contributed by atoms with E-state index in [0.29, 0.717) is 29.5 Å². The maximum atomic E-state index is 12.1. The van der Waals surface area contributed by atoms with E-state index >= 15 is 0 Å². The molecular formula is C24H29ClN2O3. The summed E-state index contributed by atoms with van der Waals surface area (Å²) in [6, 6.07) is 15.5. The largest absolute Gasteiger partial charge is 0.489 e. The van der Waals surface area contributed by atoms with Gasteiger partial charge in [0.05, 0.1) is 11.6 Å². The van der Waals surface area contributed by atoms with Crippen LogP contribution in [0.3, 0.4) is 0 Å². The Morgan fingerprint density at radius 2 is 1.97 bits per heavy atom. The first-order chi connectivity index (χ1) is 14.7. The van der Waals surface area contributed by atoms with Crippen LogP contribution in [0.25, 0.3) is 6.08 Å². The minimum absolute atomic E-state index is 0.137. The number of nitrogens with zero attached hydrogens (tertiary/aromatic N) is 1. The van der Waals surface area contributed by atoms with Gasteiger partial charge in [-0.25, -0.2) is 0 Å². The molecule has 3 rings (SSSR count). The van der Waals surface area contributed by atoms with Crippen LogP contribution in [0.5, 0.6) is 5.75 Å². The van der Waals surface area contributed by atoms with E-state index < -0.39 is 0 Å². The lowest BCUT2D eigenvalue weighted by atomic mass is 10.1. The number of hydrogen-bond acceptors (Lipinski definition) is 4. The average molecular weight is 429 g/mol. The second-order valence-electron chi connectivity index (χ2n) is 7.32. The molecule has 5 nitrogen and oxygen atoms in total. The molecule has 2 aromatic carbocycles. The molecule has 1 fully saturated rings. The molecule has 0 spiro atoms. The summed E-state index contributed by atoms with van der Waals surface area (Å²) in [6.07, 6.45) is 6.42. The molecule has 1 aliphatic heterocycles. The second kappa shape index (κ2) is 11.7. The molecule has 1 aliphatic rings. The van der Waals surface area contributed by atoms with Gasteiger partial charge in [0.25, 0.3) is 5.91 Å². The molecule has 2 aromatic rings. The number of nitrogens with one attached hydrogen (secondary N) is 1. The van der Waals surface area contributed by atoms with Crippen molar-refractivity contribution in [1.82, 2.24) is 10.2 Å². The van der Waals surface area contributed by atoms with E-state index in [1.54, 1.807) is 25.3 Å². The normalized spacial score (nSPS) is 15.4. The highest BCUT2D eigenvalue weighted by atomic mass is 35.5. The van der Waals surface area contributed by atoms with Crippen LogP contribution in [0.1, 0.15) is 28.8 Å². The first-order valence-electron chi connectivity index (χ1n) is 10.3. The predicted molar refractivity (Wildman–Crippen MR) is 121 cm³/mol.